The predicted octanol–water partition coefficient (Wildman–Crippen LogP) is 1.57. The topological polar surface area (TPSA) is 59.4 Å². The lowest BCUT2D eigenvalue weighted by molar-refractivity contribution is -0.00357. The number of urea groups is 1. The third-order valence-electron chi connectivity index (χ3n) is 3.72. The van der Waals surface area contributed by atoms with Crippen LogP contribution in [0.4, 0.5) is 4.79 Å². The maximum Gasteiger partial charge on any atom is 0.317 e. The van der Waals surface area contributed by atoms with Crippen LogP contribution >= 0.6 is 0 Å². The van der Waals surface area contributed by atoms with Crippen molar-refractivity contribution in [1.29, 1.82) is 0 Å². The minimum Gasteiger partial charge on any atom is -0.375 e. The lowest BCUT2D eigenvalue weighted by atomic mass is 10.2. The summed E-state index contributed by atoms with van der Waals surface area (Å²) in [5, 5.41) is 7.46. The molecule has 2 heterocycles. The van der Waals surface area contributed by atoms with Crippen LogP contribution in [-0.4, -0.2) is 53.1 Å². The Hall–Kier alpha value is -1.56. The number of hydrogen-bond donors (Lipinski definition) is 1. The summed E-state index contributed by atoms with van der Waals surface area (Å²) in [4.78, 5) is 13.9. The third-order valence-corrected chi connectivity index (χ3v) is 3.72. The van der Waals surface area contributed by atoms with Gasteiger partial charge in [-0.1, -0.05) is 6.92 Å². The summed E-state index contributed by atoms with van der Waals surface area (Å²) in [5.74, 6) is 0.338. The van der Waals surface area contributed by atoms with Crippen molar-refractivity contribution in [2.24, 2.45) is 5.92 Å². The molecule has 0 unspecified atom stereocenters. The van der Waals surface area contributed by atoms with Gasteiger partial charge in [-0.2, -0.15) is 5.10 Å². The number of carbonyl (C=O) groups excluding carboxylic acids is 1. The van der Waals surface area contributed by atoms with Gasteiger partial charge in [-0.25, -0.2) is 4.79 Å². The third kappa shape index (κ3) is 4.46. The molecular formula is C15H26N4O2. The van der Waals surface area contributed by atoms with Gasteiger partial charge in [0, 0.05) is 31.9 Å². The van der Waals surface area contributed by atoms with E-state index in [4.69, 9.17) is 4.74 Å². The molecule has 1 aliphatic rings. The van der Waals surface area contributed by atoms with Crippen LogP contribution in [0.3, 0.4) is 0 Å². The number of amides is 2. The Labute approximate surface area is 126 Å². The molecule has 1 aromatic rings. The first-order chi connectivity index (χ1) is 9.95. The second kappa shape index (κ2) is 6.93. The zero-order valence-electron chi connectivity index (χ0n) is 13.4. The number of aromatic nitrogens is 2. The van der Waals surface area contributed by atoms with Gasteiger partial charge >= 0.3 is 6.03 Å². The summed E-state index contributed by atoms with van der Waals surface area (Å²) in [6, 6.07) is 2.07. The summed E-state index contributed by atoms with van der Waals surface area (Å²) in [6.07, 6.45) is 0.122. The van der Waals surface area contributed by atoms with E-state index in [1.165, 1.54) is 0 Å². The van der Waals surface area contributed by atoms with E-state index in [0.29, 0.717) is 32.2 Å². The summed E-state index contributed by atoms with van der Waals surface area (Å²) in [7, 11) is 0. The summed E-state index contributed by atoms with van der Waals surface area (Å²) in [6.45, 7) is 11.6. The van der Waals surface area contributed by atoms with E-state index in [2.05, 4.69) is 30.3 Å². The van der Waals surface area contributed by atoms with Gasteiger partial charge in [0.15, 0.2) is 0 Å². The van der Waals surface area contributed by atoms with Crippen LogP contribution in [-0.2, 0) is 11.3 Å². The van der Waals surface area contributed by atoms with Crippen molar-refractivity contribution >= 4 is 6.03 Å². The molecule has 0 bridgehead atoms. The van der Waals surface area contributed by atoms with E-state index < -0.39 is 0 Å². The zero-order valence-corrected chi connectivity index (χ0v) is 13.4. The van der Waals surface area contributed by atoms with E-state index >= 15 is 0 Å². The molecule has 2 amide bonds. The van der Waals surface area contributed by atoms with Gasteiger partial charge in [0.25, 0.3) is 0 Å². The Balaban J connectivity index is 1.77. The Bertz CT molecular complexity index is 486. The van der Waals surface area contributed by atoms with Crippen LogP contribution in [0.1, 0.15) is 25.2 Å². The first-order valence-corrected chi connectivity index (χ1v) is 7.61. The highest BCUT2D eigenvalue weighted by Crippen LogP contribution is 2.07. The Kier molecular flexibility index (Phi) is 5.22. The van der Waals surface area contributed by atoms with E-state index in [1.807, 2.05) is 23.4 Å². The van der Waals surface area contributed by atoms with Gasteiger partial charge < -0.3 is 15.0 Å². The van der Waals surface area contributed by atoms with Crippen LogP contribution < -0.4 is 5.32 Å². The number of rotatable bonds is 4. The number of morpholine rings is 1. The Morgan fingerprint density at radius 3 is 2.95 bits per heavy atom. The summed E-state index contributed by atoms with van der Waals surface area (Å²) >= 11 is 0. The molecular weight excluding hydrogens is 268 g/mol. The molecule has 6 heteroatoms. The molecule has 0 spiro atoms. The van der Waals surface area contributed by atoms with Crippen molar-refractivity contribution in [2.75, 3.05) is 26.2 Å². The average Bonchev–Trinajstić information content (AvgIpc) is 2.74. The lowest BCUT2D eigenvalue weighted by Gasteiger charge is -2.31. The number of ether oxygens (including phenoxy) is 1. The second-order valence-corrected chi connectivity index (χ2v) is 6.03. The molecule has 1 aliphatic heterocycles. The maximum absolute atomic E-state index is 12.1. The van der Waals surface area contributed by atoms with Crippen LogP contribution in [0.5, 0.6) is 0 Å². The quantitative estimate of drug-likeness (QED) is 0.917. The molecule has 1 saturated heterocycles. The number of nitrogens with one attached hydrogen (secondary N) is 1. The summed E-state index contributed by atoms with van der Waals surface area (Å²) in [5.41, 5.74) is 2.19. The number of carbonyl (C=O) groups is 1. The molecule has 1 aromatic heterocycles. The van der Waals surface area contributed by atoms with Gasteiger partial charge in [0.2, 0.25) is 0 Å². The maximum atomic E-state index is 12.1. The first kappa shape index (κ1) is 15.8. The van der Waals surface area contributed by atoms with E-state index in [0.717, 1.165) is 17.9 Å². The minimum absolute atomic E-state index is 0.00497. The smallest absolute Gasteiger partial charge is 0.317 e. The standard InChI is InChI=1S/C15H26N4O2/c1-11(9-19-13(3)7-12(2)17-19)8-16-15(20)18-5-6-21-14(4)10-18/h7,11,14H,5-6,8-10H2,1-4H3,(H,16,20)/t11-,14-/m0/s1. The fourth-order valence-electron chi connectivity index (χ4n) is 2.60. The van der Waals surface area contributed by atoms with Gasteiger partial charge in [0.05, 0.1) is 18.4 Å². The number of hydrogen-bond acceptors (Lipinski definition) is 3. The molecule has 118 valence electrons. The van der Waals surface area contributed by atoms with Crippen LogP contribution in [0.25, 0.3) is 0 Å². The molecule has 0 saturated carbocycles. The molecule has 1 fully saturated rings. The van der Waals surface area contributed by atoms with Gasteiger partial charge in [-0.3, -0.25) is 4.68 Å². The lowest BCUT2D eigenvalue weighted by Crippen LogP contribution is -2.49. The molecule has 2 atom stereocenters. The highest BCUT2D eigenvalue weighted by atomic mass is 16.5. The van der Waals surface area contributed by atoms with Gasteiger partial charge in [-0.15, -0.1) is 0 Å². The minimum atomic E-state index is 0.00497. The van der Waals surface area contributed by atoms with Gasteiger partial charge in [-0.05, 0) is 32.8 Å². The van der Waals surface area contributed by atoms with Crippen LogP contribution in [0.15, 0.2) is 6.07 Å². The van der Waals surface area contributed by atoms with E-state index in [1.54, 1.807) is 0 Å². The van der Waals surface area contributed by atoms with Crippen molar-refractivity contribution in [3.8, 4) is 0 Å². The predicted molar refractivity (Wildman–Crippen MR) is 81.3 cm³/mol. The molecule has 6 nitrogen and oxygen atoms in total. The molecule has 0 aliphatic carbocycles. The Morgan fingerprint density at radius 1 is 1.57 bits per heavy atom. The van der Waals surface area contributed by atoms with E-state index in [-0.39, 0.29) is 12.1 Å². The molecule has 0 radical (unpaired) electrons. The van der Waals surface area contributed by atoms with Crippen molar-refractivity contribution in [2.45, 2.75) is 40.3 Å². The highest BCUT2D eigenvalue weighted by molar-refractivity contribution is 5.74. The van der Waals surface area contributed by atoms with Crippen molar-refractivity contribution < 1.29 is 9.53 Å². The average molecular weight is 294 g/mol. The van der Waals surface area contributed by atoms with Crippen molar-refractivity contribution in [1.82, 2.24) is 20.0 Å². The zero-order chi connectivity index (χ0) is 15.4. The molecule has 1 N–H and O–H groups in total. The Morgan fingerprint density at radius 2 is 2.33 bits per heavy atom. The largest absolute Gasteiger partial charge is 0.375 e. The van der Waals surface area contributed by atoms with E-state index in [9.17, 15) is 4.79 Å². The van der Waals surface area contributed by atoms with Crippen molar-refractivity contribution in [3.63, 3.8) is 0 Å². The summed E-state index contributed by atoms with van der Waals surface area (Å²) < 4.78 is 7.45. The molecule has 0 aromatic carbocycles. The van der Waals surface area contributed by atoms with Crippen LogP contribution in [0.2, 0.25) is 0 Å². The van der Waals surface area contributed by atoms with Crippen LogP contribution in [0, 0.1) is 19.8 Å². The normalized spacial score (nSPS) is 20.4. The molecule has 21 heavy (non-hydrogen) atoms. The molecule has 2 rings (SSSR count). The highest BCUT2D eigenvalue weighted by Gasteiger charge is 2.21. The first-order valence-electron chi connectivity index (χ1n) is 7.61. The monoisotopic (exact) mass is 294 g/mol. The SMILES string of the molecule is Cc1cc(C)n(C[C@@H](C)CNC(=O)N2CCO[C@@H](C)C2)n1. The fraction of sp³-hybridized carbons (Fsp3) is 0.733. The number of aryl methyl sites for hydroxylation is 2. The second-order valence-electron chi connectivity index (χ2n) is 6.03. The van der Waals surface area contributed by atoms with Crippen molar-refractivity contribution in [3.05, 3.63) is 17.5 Å². The fourth-order valence-corrected chi connectivity index (χ4v) is 2.60. The number of nitrogens with zero attached hydrogens (tertiary/aromatic N) is 3. The van der Waals surface area contributed by atoms with Gasteiger partial charge in [0.1, 0.15) is 0 Å².